The van der Waals surface area contributed by atoms with E-state index >= 15 is 0 Å². The zero-order valence-electron chi connectivity index (χ0n) is 10.2. The molecule has 0 aliphatic carbocycles. The minimum Gasteiger partial charge on any atom is -0.436 e. The minimum absolute atomic E-state index is 0.0441. The molecular weight excluding hydrogens is 316 g/mol. The van der Waals surface area contributed by atoms with Crippen LogP contribution in [0.4, 0.5) is 0 Å². The van der Waals surface area contributed by atoms with E-state index in [0.717, 1.165) is 15.2 Å². The molecule has 0 aromatic carbocycles. The fourth-order valence-electron chi connectivity index (χ4n) is 1.40. The van der Waals surface area contributed by atoms with Gasteiger partial charge in [-0.2, -0.15) is 0 Å². The van der Waals surface area contributed by atoms with Gasteiger partial charge >= 0.3 is 0 Å². The topological polar surface area (TPSA) is 52.1 Å². The first-order valence-corrected chi connectivity index (χ1v) is 6.86. The Balaban J connectivity index is 2.33. The van der Waals surface area contributed by atoms with Crippen LogP contribution in [0.25, 0.3) is 0 Å². The molecule has 18 heavy (non-hydrogen) atoms. The van der Waals surface area contributed by atoms with Gasteiger partial charge in [0.15, 0.2) is 5.78 Å². The van der Waals surface area contributed by atoms with E-state index in [1.54, 1.807) is 6.20 Å². The van der Waals surface area contributed by atoms with Crippen molar-refractivity contribution >= 4 is 33.0 Å². The van der Waals surface area contributed by atoms with E-state index in [1.165, 1.54) is 18.3 Å². The number of carbonyl (C=O) groups is 1. The van der Waals surface area contributed by atoms with Gasteiger partial charge in [0.2, 0.25) is 5.88 Å². The number of carbonyl (C=O) groups excluding carboxylic acids is 1. The number of ketones is 1. The van der Waals surface area contributed by atoms with Crippen LogP contribution in [0.2, 0.25) is 0 Å². The predicted molar refractivity (Wildman–Crippen MR) is 73.6 cm³/mol. The van der Waals surface area contributed by atoms with Crippen LogP contribution in [-0.4, -0.2) is 15.8 Å². The molecule has 94 valence electrons. The second-order valence-corrected chi connectivity index (χ2v) is 5.76. The molecule has 0 radical (unpaired) electrons. The molecule has 0 atom stereocenters. The molecule has 0 fully saturated rings. The van der Waals surface area contributed by atoms with E-state index in [9.17, 15) is 4.79 Å². The zero-order chi connectivity index (χ0) is 13.3. The summed E-state index contributed by atoms with van der Waals surface area (Å²) < 4.78 is 6.40. The summed E-state index contributed by atoms with van der Waals surface area (Å²) in [4.78, 5) is 20.3. The van der Waals surface area contributed by atoms with Crippen molar-refractivity contribution in [2.24, 2.45) is 0 Å². The summed E-state index contributed by atoms with van der Waals surface area (Å²) in [6.07, 6.45) is 1.59. The second kappa shape index (κ2) is 5.16. The highest BCUT2D eigenvalue weighted by Gasteiger charge is 2.15. The van der Waals surface area contributed by atoms with Crippen LogP contribution in [-0.2, 0) is 0 Å². The first kappa shape index (κ1) is 13.2. The first-order valence-electron chi connectivity index (χ1n) is 5.25. The van der Waals surface area contributed by atoms with E-state index in [0.29, 0.717) is 16.5 Å². The Morgan fingerprint density at radius 2 is 2.17 bits per heavy atom. The van der Waals surface area contributed by atoms with Gasteiger partial charge in [-0.05, 0) is 41.4 Å². The molecule has 0 saturated carbocycles. The summed E-state index contributed by atoms with van der Waals surface area (Å²) in [5.41, 5.74) is 0.962. The van der Waals surface area contributed by atoms with Crippen LogP contribution in [0.1, 0.15) is 27.2 Å². The molecule has 2 heterocycles. The van der Waals surface area contributed by atoms with Gasteiger partial charge in [-0.15, -0.1) is 11.3 Å². The number of Topliss-reactive ketones (excluding diaryl/α,β-unsaturated/α-hetero) is 1. The molecule has 0 unspecified atom stereocenters. The Hall–Kier alpha value is -1.27. The summed E-state index contributed by atoms with van der Waals surface area (Å²) >= 11 is 4.66. The van der Waals surface area contributed by atoms with Crippen LogP contribution in [0.3, 0.4) is 0 Å². The van der Waals surface area contributed by atoms with Crippen molar-refractivity contribution in [3.05, 3.63) is 32.3 Å². The Kier molecular flexibility index (Phi) is 3.77. The van der Waals surface area contributed by atoms with Crippen molar-refractivity contribution in [3.8, 4) is 11.6 Å². The van der Waals surface area contributed by atoms with Gasteiger partial charge in [0, 0.05) is 6.92 Å². The number of hydrogen-bond donors (Lipinski definition) is 0. The highest BCUT2D eigenvalue weighted by Crippen LogP contribution is 2.30. The Labute approximate surface area is 117 Å². The number of hydrogen-bond acceptors (Lipinski definition) is 5. The lowest BCUT2D eigenvalue weighted by Gasteiger charge is -2.05. The van der Waals surface area contributed by atoms with Gasteiger partial charge in [0.05, 0.1) is 11.2 Å². The SMILES string of the molecule is CC(=O)c1sc(C)nc1Oc1cnc(Br)c(C)c1. The average Bonchev–Trinajstić information content (AvgIpc) is 2.65. The number of nitrogens with zero attached hydrogens (tertiary/aromatic N) is 2. The highest BCUT2D eigenvalue weighted by molar-refractivity contribution is 9.10. The number of aromatic nitrogens is 2. The second-order valence-electron chi connectivity index (χ2n) is 3.80. The number of ether oxygens (including phenoxy) is 1. The van der Waals surface area contributed by atoms with Gasteiger partial charge in [0.1, 0.15) is 15.2 Å². The van der Waals surface area contributed by atoms with Crippen LogP contribution >= 0.6 is 27.3 Å². The number of aryl methyl sites for hydroxylation is 2. The Morgan fingerprint density at radius 3 is 2.78 bits per heavy atom. The summed E-state index contributed by atoms with van der Waals surface area (Å²) in [6.45, 7) is 5.27. The van der Waals surface area contributed by atoms with Crippen molar-refractivity contribution < 1.29 is 9.53 Å². The van der Waals surface area contributed by atoms with Crippen molar-refractivity contribution in [3.63, 3.8) is 0 Å². The molecule has 0 saturated heterocycles. The van der Waals surface area contributed by atoms with Crippen molar-refractivity contribution in [2.45, 2.75) is 20.8 Å². The van der Waals surface area contributed by atoms with Gasteiger partial charge in [0.25, 0.3) is 0 Å². The number of thiazole rings is 1. The van der Waals surface area contributed by atoms with Gasteiger partial charge < -0.3 is 4.74 Å². The Bertz CT molecular complexity index is 610. The molecule has 4 nitrogen and oxygen atoms in total. The summed E-state index contributed by atoms with van der Waals surface area (Å²) in [7, 11) is 0. The van der Waals surface area contributed by atoms with E-state index in [2.05, 4.69) is 25.9 Å². The quantitative estimate of drug-likeness (QED) is 0.633. The maximum atomic E-state index is 11.5. The van der Waals surface area contributed by atoms with E-state index < -0.39 is 0 Å². The highest BCUT2D eigenvalue weighted by atomic mass is 79.9. The summed E-state index contributed by atoms with van der Waals surface area (Å²) in [5, 5.41) is 0.803. The smallest absolute Gasteiger partial charge is 0.241 e. The lowest BCUT2D eigenvalue weighted by Crippen LogP contribution is -1.94. The maximum Gasteiger partial charge on any atom is 0.241 e. The molecule has 0 aliphatic heterocycles. The number of pyridine rings is 1. The molecule has 2 aromatic rings. The molecule has 0 bridgehead atoms. The number of rotatable bonds is 3. The van der Waals surface area contributed by atoms with Gasteiger partial charge in [-0.3, -0.25) is 4.79 Å². The molecule has 0 amide bonds. The van der Waals surface area contributed by atoms with Crippen LogP contribution in [0.5, 0.6) is 11.6 Å². The third-order valence-corrected chi connectivity index (χ3v) is 4.11. The zero-order valence-corrected chi connectivity index (χ0v) is 12.6. The third kappa shape index (κ3) is 2.76. The average molecular weight is 327 g/mol. The molecule has 2 rings (SSSR count). The lowest BCUT2D eigenvalue weighted by atomic mass is 10.3. The van der Waals surface area contributed by atoms with Crippen LogP contribution in [0, 0.1) is 13.8 Å². The first-order chi connectivity index (χ1) is 8.47. The maximum absolute atomic E-state index is 11.5. The number of halogens is 1. The van der Waals surface area contributed by atoms with E-state index in [4.69, 9.17) is 4.74 Å². The third-order valence-electron chi connectivity index (χ3n) is 2.23. The minimum atomic E-state index is -0.0441. The predicted octanol–water partition coefficient (Wildman–Crippen LogP) is 3.91. The van der Waals surface area contributed by atoms with Crippen molar-refractivity contribution in [2.75, 3.05) is 0 Å². The van der Waals surface area contributed by atoms with Gasteiger partial charge in [-0.25, -0.2) is 9.97 Å². The fraction of sp³-hybridized carbons (Fsp3) is 0.250. The molecule has 6 heteroatoms. The van der Waals surface area contributed by atoms with Gasteiger partial charge in [-0.1, -0.05) is 0 Å². The molecule has 0 aliphatic rings. The fourth-order valence-corrected chi connectivity index (χ4v) is 2.36. The normalized spacial score (nSPS) is 10.4. The van der Waals surface area contributed by atoms with Crippen molar-refractivity contribution in [1.29, 1.82) is 0 Å². The van der Waals surface area contributed by atoms with Crippen LogP contribution in [0.15, 0.2) is 16.9 Å². The van der Waals surface area contributed by atoms with E-state index in [1.807, 2.05) is 19.9 Å². The molecule has 0 spiro atoms. The van der Waals surface area contributed by atoms with Crippen LogP contribution < -0.4 is 4.74 Å². The molecule has 0 N–H and O–H groups in total. The van der Waals surface area contributed by atoms with E-state index in [-0.39, 0.29) is 5.78 Å². The van der Waals surface area contributed by atoms with Crippen molar-refractivity contribution in [1.82, 2.24) is 9.97 Å². The Morgan fingerprint density at radius 1 is 1.44 bits per heavy atom. The summed E-state index contributed by atoms with van der Waals surface area (Å²) in [6, 6.07) is 1.84. The summed E-state index contributed by atoms with van der Waals surface area (Å²) in [5.74, 6) is 0.884. The monoisotopic (exact) mass is 326 g/mol. The molecule has 2 aromatic heterocycles. The largest absolute Gasteiger partial charge is 0.436 e. The molecular formula is C12H11BrN2O2S. The lowest BCUT2D eigenvalue weighted by molar-refractivity contribution is 0.101. The standard InChI is InChI=1S/C12H11BrN2O2S/c1-6-4-9(5-14-11(6)13)17-12-10(7(2)16)18-8(3)15-12/h4-5H,1-3H3.